The lowest BCUT2D eigenvalue weighted by Crippen LogP contribution is -2.24. The molecule has 0 amide bonds. The van der Waals surface area contributed by atoms with Gasteiger partial charge < -0.3 is 10.5 Å². The van der Waals surface area contributed by atoms with Crippen LogP contribution in [0, 0.1) is 5.82 Å². The second kappa shape index (κ2) is 4.56. The number of nitrogens with one attached hydrogen (secondary N) is 1. The van der Waals surface area contributed by atoms with Gasteiger partial charge in [-0.3, -0.25) is 5.10 Å². The van der Waals surface area contributed by atoms with Gasteiger partial charge in [-0.15, -0.1) is 0 Å². The van der Waals surface area contributed by atoms with Gasteiger partial charge in [0.2, 0.25) is 0 Å². The summed E-state index contributed by atoms with van der Waals surface area (Å²) in [6, 6.07) is 8.90. The Labute approximate surface area is 120 Å². The molecule has 3 N–H and O–H groups in total. The zero-order valence-corrected chi connectivity index (χ0v) is 11.3. The molecule has 1 aromatic heterocycles. The number of halogens is 1. The number of ether oxygens (including phenoxy) is 1. The number of fused-ring (bicyclic) bond motifs is 2. The van der Waals surface area contributed by atoms with E-state index in [2.05, 4.69) is 10.2 Å². The molecular formula is C16H14FN3O. The SMILES string of the molecule is NCC1Cc2cc(F)cc(-c3ccc4cn[nH]c4c3)c2O1. The summed E-state index contributed by atoms with van der Waals surface area (Å²) in [7, 11) is 0. The van der Waals surface area contributed by atoms with Gasteiger partial charge in [0.25, 0.3) is 0 Å². The molecule has 3 aromatic rings. The van der Waals surface area contributed by atoms with Crippen molar-refractivity contribution in [2.45, 2.75) is 12.5 Å². The topological polar surface area (TPSA) is 63.9 Å². The van der Waals surface area contributed by atoms with Crippen molar-refractivity contribution in [3.8, 4) is 16.9 Å². The number of aromatic nitrogens is 2. The zero-order valence-electron chi connectivity index (χ0n) is 11.3. The summed E-state index contributed by atoms with van der Waals surface area (Å²) >= 11 is 0. The van der Waals surface area contributed by atoms with Crippen molar-refractivity contribution in [1.82, 2.24) is 10.2 Å². The summed E-state index contributed by atoms with van der Waals surface area (Å²) in [5.74, 6) is 0.487. The molecule has 1 unspecified atom stereocenters. The number of hydrogen-bond donors (Lipinski definition) is 2. The molecule has 2 heterocycles. The molecule has 2 aromatic carbocycles. The Hall–Kier alpha value is -2.40. The monoisotopic (exact) mass is 283 g/mol. The smallest absolute Gasteiger partial charge is 0.131 e. The van der Waals surface area contributed by atoms with Gasteiger partial charge >= 0.3 is 0 Å². The fourth-order valence-electron chi connectivity index (χ4n) is 2.84. The Bertz CT molecular complexity index is 828. The van der Waals surface area contributed by atoms with E-state index in [9.17, 15) is 4.39 Å². The van der Waals surface area contributed by atoms with Crippen LogP contribution in [0.2, 0.25) is 0 Å². The predicted molar refractivity (Wildman–Crippen MR) is 78.7 cm³/mol. The molecule has 0 bridgehead atoms. The largest absolute Gasteiger partial charge is 0.488 e. The minimum Gasteiger partial charge on any atom is -0.488 e. The maximum atomic E-state index is 13.9. The van der Waals surface area contributed by atoms with Crippen LogP contribution < -0.4 is 10.5 Å². The van der Waals surface area contributed by atoms with E-state index in [-0.39, 0.29) is 11.9 Å². The number of hydrogen-bond acceptors (Lipinski definition) is 3. The standard InChI is InChI=1S/C16H14FN3O/c17-12-3-11-4-13(7-18)21-16(11)14(6-12)9-1-2-10-8-19-20-15(10)5-9/h1-3,5-6,8,13H,4,7,18H2,(H,19,20). The molecular weight excluding hydrogens is 269 g/mol. The highest BCUT2D eigenvalue weighted by Crippen LogP contribution is 2.40. The van der Waals surface area contributed by atoms with E-state index in [0.29, 0.717) is 13.0 Å². The first-order valence-electron chi connectivity index (χ1n) is 6.87. The lowest BCUT2D eigenvalue weighted by Gasteiger charge is -2.11. The van der Waals surface area contributed by atoms with Crippen LogP contribution in [0.15, 0.2) is 36.5 Å². The molecule has 21 heavy (non-hydrogen) atoms. The van der Waals surface area contributed by atoms with Crippen LogP contribution in [0.3, 0.4) is 0 Å². The minimum absolute atomic E-state index is 0.0727. The molecule has 0 saturated heterocycles. The molecule has 0 fully saturated rings. The van der Waals surface area contributed by atoms with E-state index >= 15 is 0 Å². The molecule has 0 aliphatic carbocycles. The Kier molecular flexibility index (Phi) is 2.68. The van der Waals surface area contributed by atoms with Crippen molar-refractivity contribution < 1.29 is 9.13 Å². The van der Waals surface area contributed by atoms with Gasteiger partial charge in [-0.25, -0.2) is 4.39 Å². The Morgan fingerprint density at radius 3 is 3.10 bits per heavy atom. The van der Waals surface area contributed by atoms with Gasteiger partial charge in [0.15, 0.2) is 0 Å². The van der Waals surface area contributed by atoms with E-state index in [1.165, 1.54) is 12.1 Å². The molecule has 0 saturated carbocycles. The quantitative estimate of drug-likeness (QED) is 0.760. The normalized spacial score (nSPS) is 17.0. The van der Waals surface area contributed by atoms with E-state index in [0.717, 1.165) is 33.3 Å². The van der Waals surface area contributed by atoms with Crippen molar-refractivity contribution in [2.24, 2.45) is 5.73 Å². The predicted octanol–water partition coefficient (Wildman–Crippen LogP) is 2.63. The van der Waals surface area contributed by atoms with Crippen LogP contribution in [0.1, 0.15) is 5.56 Å². The summed E-state index contributed by atoms with van der Waals surface area (Å²) in [6.07, 6.45) is 2.34. The van der Waals surface area contributed by atoms with Gasteiger partial charge in [-0.2, -0.15) is 5.10 Å². The van der Waals surface area contributed by atoms with Crippen LogP contribution in [0.25, 0.3) is 22.0 Å². The zero-order chi connectivity index (χ0) is 14.4. The fraction of sp³-hybridized carbons (Fsp3) is 0.188. The van der Waals surface area contributed by atoms with E-state index in [1.807, 2.05) is 18.2 Å². The second-order valence-electron chi connectivity index (χ2n) is 5.29. The van der Waals surface area contributed by atoms with Gasteiger partial charge in [0.1, 0.15) is 17.7 Å². The number of nitrogens with zero attached hydrogens (tertiary/aromatic N) is 1. The van der Waals surface area contributed by atoms with E-state index in [1.54, 1.807) is 6.20 Å². The number of aromatic amines is 1. The van der Waals surface area contributed by atoms with Crippen molar-refractivity contribution in [3.63, 3.8) is 0 Å². The van der Waals surface area contributed by atoms with Crippen molar-refractivity contribution >= 4 is 10.9 Å². The second-order valence-corrected chi connectivity index (χ2v) is 5.29. The summed E-state index contributed by atoms with van der Waals surface area (Å²) in [6.45, 7) is 0.426. The Morgan fingerprint density at radius 2 is 2.24 bits per heavy atom. The first kappa shape index (κ1) is 12.3. The third-order valence-corrected chi connectivity index (χ3v) is 3.88. The van der Waals surface area contributed by atoms with Crippen LogP contribution in [-0.4, -0.2) is 22.8 Å². The van der Waals surface area contributed by atoms with Crippen LogP contribution in [0.4, 0.5) is 4.39 Å². The highest BCUT2D eigenvalue weighted by atomic mass is 19.1. The molecule has 1 atom stereocenters. The molecule has 1 aliphatic rings. The number of rotatable bonds is 2. The Morgan fingerprint density at radius 1 is 1.33 bits per heavy atom. The number of H-pyrrole nitrogens is 1. The first-order valence-corrected chi connectivity index (χ1v) is 6.87. The van der Waals surface area contributed by atoms with Crippen LogP contribution in [0.5, 0.6) is 5.75 Å². The third-order valence-electron chi connectivity index (χ3n) is 3.88. The molecule has 4 rings (SSSR count). The van der Waals surface area contributed by atoms with Gasteiger partial charge in [-0.1, -0.05) is 12.1 Å². The van der Waals surface area contributed by atoms with Gasteiger partial charge in [0.05, 0.1) is 11.7 Å². The summed E-state index contributed by atoms with van der Waals surface area (Å²) in [5, 5.41) is 7.95. The van der Waals surface area contributed by atoms with Crippen LogP contribution >= 0.6 is 0 Å². The number of benzene rings is 2. The van der Waals surface area contributed by atoms with Crippen molar-refractivity contribution in [3.05, 3.63) is 47.9 Å². The van der Waals surface area contributed by atoms with Crippen molar-refractivity contribution in [1.29, 1.82) is 0 Å². The highest BCUT2D eigenvalue weighted by molar-refractivity contribution is 5.85. The average Bonchev–Trinajstić information content (AvgIpc) is 3.11. The third kappa shape index (κ3) is 1.97. The van der Waals surface area contributed by atoms with Gasteiger partial charge in [-0.05, 0) is 23.8 Å². The molecule has 0 spiro atoms. The lowest BCUT2D eigenvalue weighted by molar-refractivity contribution is 0.242. The van der Waals surface area contributed by atoms with E-state index in [4.69, 9.17) is 10.5 Å². The van der Waals surface area contributed by atoms with Crippen molar-refractivity contribution in [2.75, 3.05) is 6.54 Å². The Balaban J connectivity index is 1.88. The average molecular weight is 283 g/mol. The molecule has 4 nitrogen and oxygen atoms in total. The fourth-order valence-corrected chi connectivity index (χ4v) is 2.84. The number of nitrogens with two attached hydrogens (primary N) is 1. The summed E-state index contributed by atoms with van der Waals surface area (Å²) in [4.78, 5) is 0. The summed E-state index contributed by atoms with van der Waals surface area (Å²) < 4.78 is 19.8. The molecule has 1 aliphatic heterocycles. The molecule has 0 radical (unpaired) electrons. The van der Waals surface area contributed by atoms with Gasteiger partial charge in [0, 0.05) is 29.5 Å². The van der Waals surface area contributed by atoms with Crippen LogP contribution in [-0.2, 0) is 6.42 Å². The lowest BCUT2D eigenvalue weighted by atomic mass is 9.99. The maximum Gasteiger partial charge on any atom is 0.131 e. The highest BCUT2D eigenvalue weighted by Gasteiger charge is 2.26. The molecule has 106 valence electrons. The summed E-state index contributed by atoms with van der Waals surface area (Å²) in [5.41, 5.74) is 9.13. The first-order chi connectivity index (χ1) is 10.2. The molecule has 5 heteroatoms. The maximum absolute atomic E-state index is 13.9. The van der Waals surface area contributed by atoms with E-state index < -0.39 is 0 Å². The minimum atomic E-state index is -0.255.